The molecule has 1 aromatic rings. The van der Waals surface area contributed by atoms with Crippen molar-refractivity contribution < 1.29 is 27.3 Å². The maximum absolute atomic E-state index is 15.3. The lowest BCUT2D eigenvalue weighted by atomic mass is 9.86. The van der Waals surface area contributed by atoms with Gasteiger partial charge in [0, 0.05) is 31.1 Å². The summed E-state index contributed by atoms with van der Waals surface area (Å²) in [6.07, 6.45) is -0.663. The van der Waals surface area contributed by atoms with Gasteiger partial charge in [0.05, 0.1) is 10.6 Å². The third kappa shape index (κ3) is 6.04. The number of nitro benzene ring substituents is 1. The Bertz CT molecular complexity index is 821. The number of nitrogens with zero attached hydrogens (tertiary/aromatic N) is 2. The van der Waals surface area contributed by atoms with Gasteiger partial charge in [-0.1, -0.05) is 0 Å². The SMILES string of the molecule is CC(C)(C)OC(=O)N1CCC(F)(Cc2ccc(N[SH](=O)=O)cc2[N+](=O)[O-])CC1. The van der Waals surface area contributed by atoms with Gasteiger partial charge < -0.3 is 9.64 Å². The predicted molar refractivity (Wildman–Crippen MR) is 102 cm³/mol. The highest BCUT2D eigenvalue weighted by atomic mass is 32.2. The van der Waals surface area contributed by atoms with Gasteiger partial charge in [0.15, 0.2) is 0 Å². The number of nitro groups is 1. The molecule has 1 saturated heterocycles. The van der Waals surface area contributed by atoms with E-state index >= 15 is 4.39 Å². The molecular formula is C17H24FN3O6S. The van der Waals surface area contributed by atoms with Gasteiger partial charge in [-0.05, 0) is 45.7 Å². The van der Waals surface area contributed by atoms with Gasteiger partial charge in [-0.3, -0.25) is 14.8 Å². The number of halogens is 1. The smallest absolute Gasteiger partial charge is 0.410 e. The summed E-state index contributed by atoms with van der Waals surface area (Å²) in [5, 5.41) is 11.3. The number of carbonyl (C=O) groups excluding carboxylic acids is 1. The molecule has 0 atom stereocenters. The van der Waals surface area contributed by atoms with Crippen molar-refractivity contribution in [3.63, 3.8) is 0 Å². The van der Waals surface area contributed by atoms with Crippen LogP contribution in [0.15, 0.2) is 18.2 Å². The van der Waals surface area contributed by atoms with E-state index in [0.717, 1.165) is 6.07 Å². The fourth-order valence-electron chi connectivity index (χ4n) is 2.99. The van der Waals surface area contributed by atoms with Crippen LogP contribution in [0.2, 0.25) is 0 Å². The van der Waals surface area contributed by atoms with Crippen LogP contribution >= 0.6 is 0 Å². The highest BCUT2D eigenvalue weighted by molar-refractivity contribution is 7.73. The standard InChI is InChI=1S/C17H24FN3O6S/c1-16(2,3)27-15(22)20-8-6-17(18,7-9-20)11-12-4-5-13(19-28(25)26)10-14(12)21(23)24/h4-5,10,28H,6-9,11H2,1-3H3,(H,19,25,26). The fraction of sp³-hybridized carbons (Fsp3) is 0.588. The van der Waals surface area contributed by atoms with Crippen molar-refractivity contribution in [2.45, 2.75) is 51.3 Å². The first-order valence-electron chi connectivity index (χ1n) is 8.74. The monoisotopic (exact) mass is 417 g/mol. The Balaban J connectivity index is 2.09. The van der Waals surface area contributed by atoms with E-state index in [0.29, 0.717) is 0 Å². The molecule has 1 amide bonds. The van der Waals surface area contributed by atoms with Crippen molar-refractivity contribution in [3.8, 4) is 0 Å². The molecule has 0 aromatic heterocycles. The first kappa shape index (κ1) is 21.9. The summed E-state index contributed by atoms with van der Waals surface area (Å²) < 4.78 is 44.1. The number of likely N-dealkylation sites (tertiary alicyclic amines) is 1. The average molecular weight is 417 g/mol. The first-order chi connectivity index (χ1) is 12.9. The summed E-state index contributed by atoms with van der Waals surface area (Å²) in [6.45, 7) is 5.53. The van der Waals surface area contributed by atoms with Crippen LogP contribution in [0.5, 0.6) is 0 Å². The Labute approximate surface area is 164 Å². The van der Waals surface area contributed by atoms with Crippen LogP contribution in [-0.4, -0.2) is 48.7 Å². The Hall–Kier alpha value is -2.43. The van der Waals surface area contributed by atoms with Gasteiger partial charge in [-0.15, -0.1) is 0 Å². The summed E-state index contributed by atoms with van der Waals surface area (Å²) in [5.41, 5.74) is -2.49. The predicted octanol–water partition coefficient (Wildman–Crippen LogP) is 2.81. The molecule has 0 saturated carbocycles. The van der Waals surface area contributed by atoms with E-state index in [4.69, 9.17) is 4.74 Å². The molecule has 1 heterocycles. The molecule has 1 N–H and O–H groups in total. The topological polar surface area (TPSA) is 119 Å². The number of hydrogen-bond acceptors (Lipinski definition) is 6. The lowest BCUT2D eigenvalue weighted by Gasteiger charge is -2.37. The Morgan fingerprint density at radius 3 is 2.46 bits per heavy atom. The molecule has 28 heavy (non-hydrogen) atoms. The molecule has 11 heteroatoms. The van der Waals surface area contributed by atoms with Crippen LogP contribution in [0, 0.1) is 10.1 Å². The van der Waals surface area contributed by atoms with E-state index in [1.54, 1.807) is 20.8 Å². The molecule has 0 radical (unpaired) electrons. The quantitative estimate of drug-likeness (QED) is 0.432. The minimum absolute atomic E-state index is 0.0236. The second-order valence-electron chi connectivity index (χ2n) is 7.76. The Morgan fingerprint density at radius 2 is 1.96 bits per heavy atom. The van der Waals surface area contributed by atoms with Crippen LogP contribution in [0.1, 0.15) is 39.2 Å². The third-order valence-electron chi connectivity index (χ3n) is 4.32. The zero-order chi connectivity index (χ0) is 21.1. The van der Waals surface area contributed by atoms with Crippen molar-refractivity contribution >= 4 is 28.4 Å². The summed E-state index contributed by atoms with van der Waals surface area (Å²) >= 11 is 0. The largest absolute Gasteiger partial charge is 0.444 e. The first-order valence-corrected chi connectivity index (χ1v) is 9.91. The summed E-state index contributed by atoms with van der Waals surface area (Å²) in [7, 11) is -2.96. The van der Waals surface area contributed by atoms with Crippen LogP contribution in [0.3, 0.4) is 0 Å². The number of carbonyl (C=O) groups is 1. The van der Waals surface area contributed by atoms with E-state index in [1.165, 1.54) is 17.0 Å². The number of benzene rings is 1. The van der Waals surface area contributed by atoms with Crippen molar-refractivity contribution in [1.82, 2.24) is 4.90 Å². The van der Waals surface area contributed by atoms with Crippen LogP contribution in [0.25, 0.3) is 0 Å². The molecule has 0 bridgehead atoms. The number of thiol groups is 1. The maximum atomic E-state index is 15.3. The lowest BCUT2D eigenvalue weighted by Crippen LogP contribution is -2.47. The number of amides is 1. The van der Waals surface area contributed by atoms with Gasteiger partial charge >= 0.3 is 6.09 Å². The molecule has 9 nitrogen and oxygen atoms in total. The molecular weight excluding hydrogens is 393 g/mol. The fourth-order valence-corrected chi connectivity index (χ4v) is 3.34. The van der Waals surface area contributed by atoms with Gasteiger partial charge in [-0.2, -0.15) is 0 Å². The zero-order valence-corrected chi connectivity index (χ0v) is 16.8. The minimum Gasteiger partial charge on any atom is -0.444 e. The molecule has 156 valence electrons. The van der Waals surface area contributed by atoms with Crippen LogP contribution in [0.4, 0.5) is 20.6 Å². The third-order valence-corrected chi connectivity index (χ3v) is 4.76. The van der Waals surface area contributed by atoms with Crippen molar-refractivity contribution in [1.29, 1.82) is 0 Å². The number of piperidine rings is 1. The lowest BCUT2D eigenvalue weighted by molar-refractivity contribution is -0.385. The number of nitrogens with one attached hydrogen (secondary N) is 1. The summed E-state index contributed by atoms with van der Waals surface area (Å²) in [6, 6.07) is 3.77. The molecule has 0 spiro atoms. The van der Waals surface area contributed by atoms with Gasteiger partial charge in [0.25, 0.3) is 5.69 Å². The van der Waals surface area contributed by atoms with Gasteiger partial charge in [0.1, 0.15) is 11.3 Å². The Kier molecular flexibility index (Phi) is 6.48. The van der Waals surface area contributed by atoms with Gasteiger partial charge in [0.2, 0.25) is 10.9 Å². The second-order valence-corrected chi connectivity index (χ2v) is 8.50. The van der Waals surface area contributed by atoms with Crippen molar-refractivity contribution in [3.05, 3.63) is 33.9 Å². The molecule has 1 aliphatic rings. The normalized spacial score (nSPS) is 16.7. The maximum Gasteiger partial charge on any atom is 0.410 e. The number of hydrogen-bond donors (Lipinski definition) is 2. The summed E-state index contributed by atoms with van der Waals surface area (Å²) in [5.74, 6) is 0. The van der Waals surface area contributed by atoms with Crippen molar-refractivity contribution in [2.24, 2.45) is 0 Å². The Morgan fingerprint density at radius 1 is 1.36 bits per heavy atom. The van der Waals surface area contributed by atoms with Crippen LogP contribution in [-0.2, 0) is 22.0 Å². The zero-order valence-electron chi connectivity index (χ0n) is 15.9. The number of alkyl halides is 1. The number of rotatable bonds is 5. The molecule has 1 aromatic carbocycles. The summed E-state index contributed by atoms with van der Waals surface area (Å²) in [4.78, 5) is 24.2. The average Bonchev–Trinajstić information content (AvgIpc) is 2.54. The van der Waals surface area contributed by atoms with E-state index in [9.17, 15) is 23.3 Å². The van der Waals surface area contributed by atoms with E-state index in [-0.39, 0.29) is 49.3 Å². The molecule has 2 rings (SSSR count). The second kappa shape index (κ2) is 8.29. The van der Waals surface area contributed by atoms with Gasteiger partial charge in [-0.25, -0.2) is 17.6 Å². The molecule has 0 unspecified atom stereocenters. The number of anilines is 1. The highest BCUT2D eigenvalue weighted by Gasteiger charge is 2.38. The van der Waals surface area contributed by atoms with Crippen molar-refractivity contribution in [2.75, 3.05) is 17.8 Å². The van der Waals surface area contributed by atoms with E-state index in [2.05, 4.69) is 4.72 Å². The minimum atomic E-state index is -2.96. The molecule has 1 aliphatic heterocycles. The van der Waals surface area contributed by atoms with Crippen LogP contribution < -0.4 is 4.72 Å². The molecule has 1 fully saturated rings. The molecule has 0 aliphatic carbocycles. The van der Waals surface area contributed by atoms with E-state index in [1.807, 2.05) is 0 Å². The number of ether oxygens (including phenoxy) is 1. The van der Waals surface area contributed by atoms with E-state index < -0.39 is 33.2 Å². The highest BCUT2D eigenvalue weighted by Crippen LogP contribution is 2.34.